The first-order chi connectivity index (χ1) is 14.2. The Morgan fingerprint density at radius 3 is 2.66 bits per heavy atom. The number of rotatable bonds is 6. The molecular weight excluding hydrogens is 366 g/mol. The van der Waals surface area contributed by atoms with Gasteiger partial charge < -0.3 is 9.47 Å². The Balaban J connectivity index is 1.26. The van der Waals surface area contributed by atoms with Crippen molar-refractivity contribution < 1.29 is 14.3 Å². The molecule has 1 saturated heterocycles. The lowest BCUT2D eigenvalue weighted by molar-refractivity contribution is -0.0612. The van der Waals surface area contributed by atoms with Gasteiger partial charge in [-0.3, -0.25) is 9.91 Å². The molecule has 1 atom stereocenters. The van der Waals surface area contributed by atoms with Crippen molar-refractivity contribution in [1.82, 2.24) is 4.90 Å². The highest BCUT2D eigenvalue weighted by Gasteiger charge is 2.22. The van der Waals surface area contributed by atoms with E-state index < -0.39 is 0 Å². The van der Waals surface area contributed by atoms with Crippen LogP contribution >= 0.6 is 0 Å². The van der Waals surface area contributed by atoms with Crippen molar-refractivity contribution in [3.63, 3.8) is 0 Å². The molecule has 6 nitrogen and oxygen atoms in total. The number of hydrazone groups is 1. The summed E-state index contributed by atoms with van der Waals surface area (Å²) in [6, 6.07) is 17.8. The van der Waals surface area contributed by atoms with Gasteiger partial charge in [0.2, 0.25) is 0 Å². The molecular formula is C23H27N3O3. The molecule has 1 fully saturated rings. The Kier molecular flexibility index (Phi) is 6.22. The fourth-order valence-corrected chi connectivity index (χ4v) is 3.65. The van der Waals surface area contributed by atoms with Crippen molar-refractivity contribution in [2.24, 2.45) is 5.10 Å². The van der Waals surface area contributed by atoms with Gasteiger partial charge in [0.25, 0.3) is 0 Å². The minimum absolute atomic E-state index is 0.0994. The number of hydrogen-bond acceptors (Lipinski definition) is 6. The summed E-state index contributed by atoms with van der Waals surface area (Å²) in [6.45, 7) is 6.36. The van der Waals surface area contributed by atoms with Crippen molar-refractivity contribution >= 4 is 17.4 Å². The van der Waals surface area contributed by atoms with E-state index in [0.717, 1.165) is 44.0 Å². The molecule has 2 aromatic rings. The summed E-state index contributed by atoms with van der Waals surface area (Å²) in [6.07, 6.45) is 0.879. The summed E-state index contributed by atoms with van der Waals surface area (Å²) in [5.41, 5.74) is 3.95. The smallest absolute Gasteiger partial charge is 0.338 e. The third-order valence-corrected chi connectivity index (χ3v) is 5.25. The van der Waals surface area contributed by atoms with Gasteiger partial charge in [-0.2, -0.15) is 5.10 Å². The zero-order valence-corrected chi connectivity index (χ0v) is 16.8. The van der Waals surface area contributed by atoms with Crippen LogP contribution in [0.3, 0.4) is 0 Å². The van der Waals surface area contributed by atoms with Crippen LogP contribution in [0.5, 0.6) is 0 Å². The minimum Gasteiger partial charge on any atom is -0.459 e. The Morgan fingerprint density at radius 1 is 1.14 bits per heavy atom. The average molecular weight is 393 g/mol. The SMILES string of the molecule is CC1=NN(c2ccc(C(=O)OCC3CN(Cc4ccccc4)CCO3)cc2)CC1. The number of hydrogen-bond donors (Lipinski definition) is 0. The Bertz CT molecular complexity index is 851. The highest BCUT2D eigenvalue weighted by atomic mass is 16.6. The lowest BCUT2D eigenvalue weighted by Gasteiger charge is -2.32. The van der Waals surface area contributed by atoms with Gasteiger partial charge in [-0.15, -0.1) is 0 Å². The van der Waals surface area contributed by atoms with Gasteiger partial charge in [0.05, 0.1) is 17.9 Å². The molecule has 0 saturated carbocycles. The van der Waals surface area contributed by atoms with Crippen molar-refractivity contribution in [2.75, 3.05) is 37.9 Å². The molecule has 2 aliphatic heterocycles. The molecule has 1 unspecified atom stereocenters. The van der Waals surface area contributed by atoms with Crippen LogP contribution in [0.25, 0.3) is 0 Å². The average Bonchev–Trinajstić information content (AvgIpc) is 3.19. The number of ether oxygens (including phenoxy) is 2. The summed E-state index contributed by atoms with van der Waals surface area (Å²) >= 11 is 0. The van der Waals surface area contributed by atoms with Gasteiger partial charge in [-0.05, 0) is 36.8 Å². The first-order valence-corrected chi connectivity index (χ1v) is 10.1. The number of carbonyl (C=O) groups is 1. The maximum absolute atomic E-state index is 12.4. The number of esters is 1. The van der Waals surface area contributed by atoms with Crippen LogP contribution < -0.4 is 5.01 Å². The number of anilines is 1. The summed E-state index contributed by atoms with van der Waals surface area (Å²) in [5.74, 6) is -0.318. The highest BCUT2D eigenvalue weighted by molar-refractivity contribution is 5.90. The van der Waals surface area contributed by atoms with E-state index >= 15 is 0 Å². The molecule has 4 rings (SSSR count). The maximum Gasteiger partial charge on any atom is 0.338 e. The molecule has 6 heteroatoms. The standard InChI is InChI=1S/C23H27N3O3/c1-18-11-12-26(24-18)21-9-7-20(8-10-21)23(27)29-17-22-16-25(13-14-28-22)15-19-5-3-2-4-6-19/h2-10,22H,11-17H2,1H3. The topological polar surface area (TPSA) is 54.4 Å². The summed E-state index contributed by atoms with van der Waals surface area (Å²) in [4.78, 5) is 14.7. The van der Waals surface area contributed by atoms with E-state index in [1.807, 2.05) is 30.1 Å². The molecule has 29 heavy (non-hydrogen) atoms. The van der Waals surface area contributed by atoms with E-state index in [9.17, 15) is 4.79 Å². The van der Waals surface area contributed by atoms with Gasteiger partial charge in [0.15, 0.2) is 0 Å². The zero-order chi connectivity index (χ0) is 20.1. The monoisotopic (exact) mass is 393 g/mol. The molecule has 0 radical (unpaired) electrons. The number of benzene rings is 2. The van der Waals surface area contributed by atoms with Crippen LogP contribution in [0.4, 0.5) is 5.69 Å². The van der Waals surface area contributed by atoms with Crippen LogP contribution in [-0.2, 0) is 16.0 Å². The lowest BCUT2D eigenvalue weighted by atomic mass is 10.2. The molecule has 0 aromatic heterocycles. The van der Waals surface area contributed by atoms with Gasteiger partial charge in [-0.25, -0.2) is 4.79 Å². The van der Waals surface area contributed by atoms with E-state index in [-0.39, 0.29) is 18.7 Å². The van der Waals surface area contributed by atoms with Crippen LogP contribution in [0.2, 0.25) is 0 Å². The maximum atomic E-state index is 12.4. The van der Waals surface area contributed by atoms with E-state index in [2.05, 4.69) is 34.3 Å². The van der Waals surface area contributed by atoms with Gasteiger partial charge in [0.1, 0.15) is 12.7 Å². The predicted molar refractivity (Wildman–Crippen MR) is 113 cm³/mol. The van der Waals surface area contributed by atoms with E-state index in [1.54, 1.807) is 12.1 Å². The van der Waals surface area contributed by atoms with Crippen molar-refractivity contribution in [3.8, 4) is 0 Å². The third-order valence-electron chi connectivity index (χ3n) is 5.25. The second-order valence-electron chi connectivity index (χ2n) is 7.57. The second kappa shape index (κ2) is 9.20. The fourth-order valence-electron chi connectivity index (χ4n) is 3.65. The van der Waals surface area contributed by atoms with Gasteiger partial charge >= 0.3 is 5.97 Å². The number of nitrogens with zero attached hydrogens (tertiary/aromatic N) is 3. The Hall–Kier alpha value is -2.70. The number of carbonyl (C=O) groups excluding carboxylic acids is 1. The summed E-state index contributed by atoms with van der Waals surface area (Å²) in [7, 11) is 0. The normalized spacial score (nSPS) is 19.8. The van der Waals surface area contributed by atoms with Crippen LogP contribution in [0.1, 0.15) is 29.3 Å². The highest BCUT2D eigenvalue weighted by Crippen LogP contribution is 2.20. The Labute approximate surface area is 171 Å². The van der Waals surface area contributed by atoms with Crippen molar-refractivity contribution in [1.29, 1.82) is 0 Å². The van der Waals surface area contributed by atoms with Crippen LogP contribution in [-0.4, -0.2) is 55.5 Å². The van der Waals surface area contributed by atoms with Crippen molar-refractivity contribution in [2.45, 2.75) is 26.0 Å². The van der Waals surface area contributed by atoms with Gasteiger partial charge in [-0.1, -0.05) is 30.3 Å². The molecule has 0 bridgehead atoms. The lowest BCUT2D eigenvalue weighted by Crippen LogP contribution is -2.44. The first kappa shape index (κ1) is 19.6. The molecule has 2 aliphatic rings. The molecule has 0 spiro atoms. The quantitative estimate of drug-likeness (QED) is 0.705. The molecule has 2 aromatic carbocycles. The summed E-state index contributed by atoms with van der Waals surface area (Å²) in [5, 5.41) is 6.44. The van der Waals surface area contributed by atoms with Gasteiger partial charge in [0, 0.05) is 38.3 Å². The zero-order valence-electron chi connectivity index (χ0n) is 16.8. The largest absolute Gasteiger partial charge is 0.459 e. The van der Waals surface area contributed by atoms with Crippen LogP contribution in [0, 0.1) is 0 Å². The van der Waals surface area contributed by atoms with Crippen LogP contribution in [0.15, 0.2) is 59.7 Å². The van der Waals surface area contributed by atoms with E-state index in [1.165, 1.54) is 5.56 Å². The van der Waals surface area contributed by atoms with Crippen molar-refractivity contribution in [3.05, 3.63) is 65.7 Å². The minimum atomic E-state index is -0.318. The molecule has 152 valence electrons. The Morgan fingerprint density at radius 2 is 1.93 bits per heavy atom. The number of morpholine rings is 1. The van der Waals surface area contributed by atoms with E-state index in [4.69, 9.17) is 9.47 Å². The fraction of sp³-hybridized carbons (Fsp3) is 0.391. The molecule has 0 N–H and O–H groups in total. The summed E-state index contributed by atoms with van der Waals surface area (Å²) < 4.78 is 11.3. The van der Waals surface area contributed by atoms with E-state index in [0.29, 0.717) is 12.2 Å². The third kappa shape index (κ3) is 5.22. The first-order valence-electron chi connectivity index (χ1n) is 10.1. The predicted octanol–water partition coefficient (Wildman–Crippen LogP) is 3.33. The molecule has 0 amide bonds. The molecule has 2 heterocycles. The molecule has 0 aliphatic carbocycles. The second-order valence-corrected chi connectivity index (χ2v) is 7.57.